The highest BCUT2D eigenvalue weighted by molar-refractivity contribution is 8.09. The molecule has 0 fully saturated rings. The molecule has 0 heterocycles. The lowest BCUT2D eigenvalue weighted by molar-refractivity contribution is -0.137. The molecule has 0 aliphatic rings. The first-order valence-corrected chi connectivity index (χ1v) is 7.15. The molecule has 84 valence electrons. The topological polar surface area (TPSA) is 29.1 Å². The van der Waals surface area contributed by atoms with Gasteiger partial charge in [0.25, 0.3) is 0 Å². The first-order chi connectivity index (χ1) is 6.68. The fourth-order valence-electron chi connectivity index (χ4n) is 0.915. The Balaban J connectivity index is 2.99. The predicted molar refractivity (Wildman–Crippen MR) is 54.4 cm³/mol. The third-order valence-corrected chi connectivity index (χ3v) is 2.47. The number of benzene rings is 1. The first kappa shape index (κ1) is 12.7. The van der Waals surface area contributed by atoms with E-state index < -0.39 is 17.7 Å². The van der Waals surface area contributed by atoms with Gasteiger partial charge in [-0.15, -0.1) is 0 Å². The van der Waals surface area contributed by atoms with E-state index in [4.69, 9.17) is 22.5 Å². The van der Waals surface area contributed by atoms with Crippen molar-refractivity contribution in [1.82, 2.24) is 0 Å². The van der Waals surface area contributed by atoms with E-state index in [0.29, 0.717) is 0 Å². The number of nitrogens with one attached hydrogen (secondary N) is 1. The van der Waals surface area contributed by atoms with E-state index in [0.717, 1.165) is 18.2 Å². The van der Waals surface area contributed by atoms with Crippen LogP contribution >= 0.6 is 28.5 Å². The lowest BCUT2D eigenvalue weighted by atomic mass is 10.2. The molecule has 0 aliphatic carbocycles. The number of alkyl halides is 3. The van der Waals surface area contributed by atoms with Gasteiger partial charge in [0.15, 0.2) is 0 Å². The molecule has 0 radical (unpaired) electrons. The Labute approximate surface area is 93.4 Å². The van der Waals surface area contributed by atoms with E-state index in [2.05, 4.69) is 5.09 Å². The van der Waals surface area contributed by atoms with Crippen molar-refractivity contribution in [3.63, 3.8) is 0 Å². The first-order valence-electron chi connectivity index (χ1n) is 3.63. The summed E-state index contributed by atoms with van der Waals surface area (Å²) in [4.78, 5) is 0. The monoisotopic (exact) mass is 277 g/mol. The highest BCUT2D eigenvalue weighted by Gasteiger charge is 2.30. The maximum Gasteiger partial charge on any atom is 0.416 e. The molecule has 1 aromatic rings. The molecule has 1 rings (SSSR count). The van der Waals surface area contributed by atoms with Crippen LogP contribution in [0.15, 0.2) is 24.3 Å². The van der Waals surface area contributed by atoms with Gasteiger partial charge in [-0.1, -0.05) is 6.07 Å². The Bertz CT molecular complexity index is 403. The number of hydrogen-bond acceptors (Lipinski definition) is 1. The predicted octanol–water partition coefficient (Wildman–Crippen LogP) is 4.70. The number of hydrogen-bond donors (Lipinski definition) is 1. The Hall–Kier alpha value is -0.380. The largest absolute Gasteiger partial charge is 0.416 e. The molecule has 1 aromatic carbocycles. The minimum absolute atomic E-state index is 0.0434. The molecule has 0 bridgehead atoms. The van der Waals surface area contributed by atoms with Crippen molar-refractivity contribution in [3.8, 4) is 0 Å². The minimum atomic E-state index is -4.46. The summed E-state index contributed by atoms with van der Waals surface area (Å²) in [7, 11) is 0. The normalized spacial score (nSPS) is 12.6. The van der Waals surface area contributed by atoms with Crippen molar-refractivity contribution < 1.29 is 17.7 Å². The fourth-order valence-corrected chi connectivity index (χ4v) is 1.94. The summed E-state index contributed by atoms with van der Waals surface area (Å²) in [5, 5.41) is 2.08. The summed E-state index contributed by atoms with van der Waals surface area (Å²) in [6.45, 7) is 0. The van der Waals surface area contributed by atoms with Crippen LogP contribution in [0.5, 0.6) is 0 Å². The quantitative estimate of drug-likeness (QED) is 0.794. The van der Waals surface area contributed by atoms with Crippen molar-refractivity contribution in [2.45, 2.75) is 6.18 Å². The van der Waals surface area contributed by atoms with Crippen LogP contribution in [0.3, 0.4) is 0 Å². The molecule has 0 unspecified atom stereocenters. The molecule has 0 saturated heterocycles. The Morgan fingerprint density at radius 2 is 1.87 bits per heavy atom. The molecule has 0 amide bonds. The van der Waals surface area contributed by atoms with Gasteiger partial charge in [-0.25, -0.2) is 0 Å². The minimum Gasteiger partial charge on any atom is -0.313 e. The number of halogens is 5. The third-order valence-electron chi connectivity index (χ3n) is 1.45. The van der Waals surface area contributed by atoms with Crippen LogP contribution in [0.25, 0.3) is 0 Å². The Morgan fingerprint density at radius 3 is 2.33 bits per heavy atom. The van der Waals surface area contributed by atoms with Gasteiger partial charge in [0.1, 0.15) is 0 Å². The average molecular weight is 278 g/mol. The fraction of sp³-hybridized carbons (Fsp3) is 0.143. The van der Waals surface area contributed by atoms with E-state index in [1.54, 1.807) is 0 Å². The average Bonchev–Trinajstić information content (AvgIpc) is 1.99. The second-order valence-electron chi connectivity index (χ2n) is 2.65. The smallest absolute Gasteiger partial charge is 0.313 e. The van der Waals surface area contributed by atoms with Gasteiger partial charge in [0, 0.05) is 5.69 Å². The standard InChI is InChI=1S/C7H5Cl2F3NOP/c8-15(9,14)13-6-3-1-2-5(4-6)7(10,11)12/h1-4H,(H,13,14). The molecule has 0 aliphatic heterocycles. The molecule has 0 saturated carbocycles. The van der Waals surface area contributed by atoms with Crippen LogP contribution in [0.4, 0.5) is 18.9 Å². The van der Waals surface area contributed by atoms with Gasteiger partial charge >= 0.3 is 12.2 Å². The lowest BCUT2D eigenvalue weighted by Crippen LogP contribution is -2.04. The summed E-state index contributed by atoms with van der Waals surface area (Å²) in [5.41, 5.74) is -0.910. The zero-order chi connectivity index (χ0) is 11.7. The lowest BCUT2D eigenvalue weighted by Gasteiger charge is -2.10. The van der Waals surface area contributed by atoms with Crippen LogP contribution in [-0.2, 0) is 10.7 Å². The summed E-state index contributed by atoms with van der Waals surface area (Å²) in [5.74, 6) is -3.63. The third kappa shape index (κ3) is 4.33. The summed E-state index contributed by atoms with van der Waals surface area (Å²) in [6, 6.07) is 4.11. The highest BCUT2D eigenvalue weighted by atomic mass is 35.9. The van der Waals surface area contributed by atoms with E-state index >= 15 is 0 Å². The second-order valence-corrected chi connectivity index (χ2v) is 7.18. The molecule has 2 nitrogen and oxygen atoms in total. The van der Waals surface area contributed by atoms with Crippen LogP contribution in [0.2, 0.25) is 0 Å². The van der Waals surface area contributed by atoms with Gasteiger partial charge in [-0.3, -0.25) is 4.57 Å². The number of anilines is 1. The van der Waals surface area contributed by atoms with Gasteiger partial charge in [0.2, 0.25) is 0 Å². The zero-order valence-corrected chi connectivity index (χ0v) is 9.46. The van der Waals surface area contributed by atoms with Crippen molar-refractivity contribution >= 4 is 34.2 Å². The van der Waals surface area contributed by atoms with E-state index in [9.17, 15) is 17.7 Å². The van der Waals surface area contributed by atoms with Crippen molar-refractivity contribution in [1.29, 1.82) is 0 Å². The van der Waals surface area contributed by atoms with E-state index in [-0.39, 0.29) is 5.69 Å². The van der Waals surface area contributed by atoms with Crippen LogP contribution in [-0.4, -0.2) is 0 Å². The van der Waals surface area contributed by atoms with Crippen LogP contribution < -0.4 is 5.09 Å². The summed E-state index contributed by atoms with van der Waals surface area (Å²) >= 11 is 10.3. The summed E-state index contributed by atoms with van der Waals surface area (Å²) < 4.78 is 47.6. The van der Waals surface area contributed by atoms with Crippen molar-refractivity contribution in [3.05, 3.63) is 29.8 Å². The molecule has 1 N–H and O–H groups in total. The van der Waals surface area contributed by atoms with Gasteiger partial charge in [-0.2, -0.15) is 13.2 Å². The van der Waals surface area contributed by atoms with Crippen LogP contribution in [0, 0.1) is 0 Å². The second kappa shape index (κ2) is 4.24. The maximum atomic E-state index is 12.2. The zero-order valence-electron chi connectivity index (χ0n) is 7.05. The van der Waals surface area contributed by atoms with Crippen molar-refractivity contribution in [2.75, 3.05) is 5.09 Å². The van der Waals surface area contributed by atoms with E-state index in [1.807, 2.05) is 0 Å². The maximum absolute atomic E-state index is 12.2. The van der Waals surface area contributed by atoms with Gasteiger partial charge in [0.05, 0.1) is 5.56 Å². The molecule has 0 aromatic heterocycles. The molecular formula is C7H5Cl2F3NOP. The van der Waals surface area contributed by atoms with Gasteiger partial charge < -0.3 is 5.09 Å². The number of rotatable bonds is 2. The van der Waals surface area contributed by atoms with E-state index in [1.165, 1.54) is 6.07 Å². The van der Waals surface area contributed by atoms with Crippen molar-refractivity contribution in [2.24, 2.45) is 0 Å². The van der Waals surface area contributed by atoms with Crippen LogP contribution in [0.1, 0.15) is 5.56 Å². The molecular weight excluding hydrogens is 273 g/mol. The Morgan fingerprint density at radius 1 is 1.27 bits per heavy atom. The molecule has 0 atom stereocenters. The molecule has 8 heteroatoms. The SMILES string of the molecule is O=P(Cl)(Cl)Nc1cccc(C(F)(F)F)c1. The van der Waals surface area contributed by atoms with Gasteiger partial charge in [-0.05, 0) is 40.7 Å². The summed E-state index contributed by atoms with van der Waals surface area (Å²) in [6.07, 6.45) is -4.46. The highest BCUT2D eigenvalue weighted by Crippen LogP contribution is 2.55. The molecule has 0 spiro atoms. The molecule has 15 heavy (non-hydrogen) atoms. The Kier molecular flexibility index (Phi) is 3.59.